The Labute approximate surface area is 87.4 Å². The smallest absolute Gasteiger partial charge is 0.0341 e. The maximum absolute atomic E-state index is 3.32. The summed E-state index contributed by atoms with van der Waals surface area (Å²) in [4.78, 5) is 0. The number of thioether (sulfide) groups is 1. The van der Waals surface area contributed by atoms with Crippen LogP contribution in [0.2, 0.25) is 0 Å². The average molecular weight is 201 g/mol. The number of likely N-dealkylation sites (N-methyl/N-ethyl adjacent to an activating group) is 1. The highest BCUT2D eigenvalue weighted by atomic mass is 32.2. The molecule has 2 unspecified atom stereocenters. The fourth-order valence-electron chi connectivity index (χ4n) is 1.00. The van der Waals surface area contributed by atoms with E-state index in [2.05, 4.69) is 39.1 Å². The average Bonchev–Trinajstić information content (AvgIpc) is 2.10. The lowest BCUT2D eigenvalue weighted by Crippen LogP contribution is -2.26. The van der Waals surface area contributed by atoms with E-state index in [0.717, 1.165) is 5.25 Å². The van der Waals surface area contributed by atoms with Crippen molar-refractivity contribution in [3.63, 3.8) is 0 Å². The maximum atomic E-state index is 3.32. The first-order chi connectivity index (χ1) is 6.10. The van der Waals surface area contributed by atoms with Crippen LogP contribution in [0.15, 0.2) is 11.6 Å². The van der Waals surface area contributed by atoms with Gasteiger partial charge in [-0.3, -0.25) is 0 Å². The van der Waals surface area contributed by atoms with Crippen LogP contribution in [-0.2, 0) is 0 Å². The van der Waals surface area contributed by atoms with Crippen LogP contribution in [0.25, 0.3) is 0 Å². The van der Waals surface area contributed by atoms with E-state index < -0.39 is 0 Å². The molecule has 0 saturated heterocycles. The predicted octanol–water partition coefficient (Wildman–Crippen LogP) is 3.07. The molecule has 13 heavy (non-hydrogen) atoms. The monoisotopic (exact) mass is 201 g/mol. The largest absolute Gasteiger partial charge is 0.313 e. The summed E-state index contributed by atoms with van der Waals surface area (Å²) in [5.41, 5.74) is 1.39. The van der Waals surface area contributed by atoms with Crippen molar-refractivity contribution in [2.24, 2.45) is 0 Å². The summed E-state index contributed by atoms with van der Waals surface area (Å²) in [6.07, 6.45) is 3.56. The minimum Gasteiger partial charge on any atom is -0.313 e. The summed E-state index contributed by atoms with van der Waals surface area (Å²) in [6.45, 7) is 8.84. The summed E-state index contributed by atoms with van der Waals surface area (Å²) >= 11 is 2.04. The molecule has 0 rings (SSSR count). The van der Waals surface area contributed by atoms with Crippen LogP contribution in [0, 0.1) is 0 Å². The second-order valence-electron chi connectivity index (χ2n) is 3.69. The molecule has 0 aromatic carbocycles. The second kappa shape index (κ2) is 7.45. The lowest BCUT2D eigenvalue weighted by molar-refractivity contribution is 0.730. The molecule has 0 heterocycles. The van der Waals surface area contributed by atoms with E-state index in [0.29, 0.717) is 6.04 Å². The van der Waals surface area contributed by atoms with Crippen LogP contribution in [0.3, 0.4) is 0 Å². The first kappa shape index (κ1) is 13.1. The SMILES string of the molecule is CCC(C)SCC(C=C(C)C)NC. The zero-order valence-electron chi connectivity index (χ0n) is 9.55. The van der Waals surface area contributed by atoms with Gasteiger partial charge >= 0.3 is 0 Å². The molecule has 0 saturated carbocycles. The second-order valence-corrected chi connectivity index (χ2v) is 5.16. The van der Waals surface area contributed by atoms with Crippen molar-refractivity contribution in [1.29, 1.82) is 0 Å². The molecule has 1 nitrogen and oxygen atoms in total. The van der Waals surface area contributed by atoms with Gasteiger partial charge in [0.1, 0.15) is 0 Å². The molecule has 0 radical (unpaired) electrons. The lowest BCUT2D eigenvalue weighted by atomic mass is 10.2. The van der Waals surface area contributed by atoms with E-state index in [1.165, 1.54) is 17.7 Å². The molecule has 0 aliphatic heterocycles. The zero-order chi connectivity index (χ0) is 10.3. The van der Waals surface area contributed by atoms with Crippen LogP contribution < -0.4 is 5.32 Å². The highest BCUT2D eigenvalue weighted by molar-refractivity contribution is 7.99. The molecule has 2 atom stereocenters. The lowest BCUT2D eigenvalue weighted by Gasteiger charge is -2.15. The minimum absolute atomic E-state index is 0.531. The highest BCUT2D eigenvalue weighted by Crippen LogP contribution is 2.15. The summed E-state index contributed by atoms with van der Waals surface area (Å²) < 4.78 is 0. The molecule has 0 aromatic rings. The fourth-order valence-corrected chi connectivity index (χ4v) is 2.04. The molecule has 0 fully saturated rings. The van der Waals surface area contributed by atoms with Crippen molar-refractivity contribution in [3.8, 4) is 0 Å². The first-order valence-electron chi connectivity index (χ1n) is 5.04. The van der Waals surface area contributed by atoms with E-state index in [-0.39, 0.29) is 0 Å². The molecule has 0 amide bonds. The molecule has 0 aromatic heterocycles. The summed E-state index contributed by atoms with van der Waals surface area (Å²) in [7, 11) is 2.03. The van der Waals surface area contributed by atoms with Crippen molar-refractivity contribution in [2.75, 3.05) is 12.8 Å². The number of hydrogen-bond donors (Lipinski definition) is 1. The van der Waals surface area contributed by atoms with Crippen molar-refractivity contribution < 1.29 is 0 Å². The van der Waals surface area contributed by atoms with Crippen LogP contribution in [-0.4, -0.2) is 24.1 Å². The van der Waals surface area contributed by atoms with Gasteiger partial charge in [-0.15, -0.1) is 0 Å². The van der Waals surface area contributed by atoms with E-state index in [1.54, 1.807) is 0 Å². The number of hydrogen-bond acceptors (Lipinski definition) is 2. The standard InChI is InChI=1S/C11H23NS/c1-6-10(4)13-8-11(12-5)7-9(2)3/h7,10-12H,6,8H2,1-5H3. The Morgan fingerprint density at radius 2 is 2.08 bits per heavy atom. The number of nitrogens with one attached hydrogen (secondary N) is 1. The maximum Gasteiger partial charge on any atom is 0.0341 e. The summed E-state index contributed by atoms with van der Waals surface area (Å²) in [5, 5.41) is 4.09. The van der Waals surface area contributed by atoms with Gasteiger partial charge in [0.2, 0.25) is 0 Å². The number of allylic oxidation sites excluding steroid dienone is 1. The van der Waals surface area contributed by atoms with Crippen LogP contribution in [0.4, 0.5) is 0 Å². The van der Waals surface area contributed by atoms with Gasteiger partial charge in [0.05, 0.1) is 0 Å². The van der Waals surface area contributed by atoms with E-state index in [9.17, 15) is 0 Å². The van der Waals surface area contributed by atoms with E-state index in [1.807, 2.05) is 18.8 Å². The Morgan fingerprint density at radius 3 is 2.46 bits per heavy atom. The van der Waals surface area contributed by atoms with Crippen molar-refractivity contribution in [2.45, 2.75) is 45.4 Å². The molecular weight excluding hydrogens is 178 g/mol. The zero-order valence-corrected chi connectivity index (χ0v) is 10.4. The minimum atomic E-state index is 0.531. The topological polar surface area (TPSA) is 12.0 Å². The van der Waals surface area contributed by atoms with E-state index in [4.69, 9.17) is 0 Å². The quantitative estimate of drug-likeness (QED) is 0.663. The summed E-state index contributed by atoms with van der Waals surface area (Å²) in [6, 6.07) is 0.531. The Bertz CT molecular complexity index is 150. The highest BCUT2D eigenvalue weighted by Gasteiger charge is 2.05. The molecule has 0 spiro atoms. The van der Waals surface area contributed by atoms with Gasteiger partial charge in [0.25, 0.3) is 0 Å². The van der Waals surface area contributed by atoms with Gasteiger partial charge in [-0.2, -0.15) is 11.8 Å². The van der Waals surface area contributed by atoms with Crippen LogP contribution in [0.5, 0.6) is 0 Å². The third-order valence-corrected chi connectivity index (χ3v) is 3.49. The molecule has 0 bridgehead atoms. The fraction of sp³-hybridized carbons (Fsp3) is 0.818. The van der Waals surface area contributed by atoms with Gasteiger partial charge in [-0.25, -0.2) is 0 Å². The van der Waals surface area contributed by atoms with Gasteiger partial charge in [-0.1, -0.05) is 25.5 Å². The molecule has 1 N–H and O–H groups in total. The van der Waals surface area contributed by atoms with Crippen LogP contribution >= 0.6 is 11.8 Å². The first-order valence-corrected chi connectivity index (χ1v) is 6.08. The Kier molecular flexibility index (Phi) is 7.48. The van der Waals surface area contributed by atoms with E-state index >= 15 is 0 Å². The molecule has 2 heteroatoms. The van der Waals surface area contributed by atoms with Crippen molar-refractivity contribution in [3.05, 3.63) is 11.6 Å². The predicted molar refractivity (Wildman–Crippen MR) is 64.5 cm³/mol. The molecule has 0 aliphatic carbocycles. The van der Waals surface area contributed by atoms with Crippen molar-refractivity contribution >= 4 is 11.8 Å². The van der Waals surface area contributed by atoms with Crippen molar-refractivity contribution in [1.82, 2.24) is 5.32 Å². The molecule has 0 aliphatic rings. The molecule has 78 valence electrons. The third kappa shape index (κ3) is 7.15. The van der Waals surface area contributed by atoms with Gasteiger partial charge in [0, 0.05) is 17.0 Å². The van der Waals surface area contributed by atoms with Gasteiger partial charge in [-0.05, 0) is 27.3 Å². The van der Waals surface area contributed by atoms with Gasteiger partial charge < -0.3 is 5.32 Å². The summed E-state index contributed by atoms with van der Waals surface area (Å²) in [5.74, 6) is 1.18. The van der Waals surface area contributed by atoms with Gasteiger partial charge in [0.15, 0.2) is 0 Å². The van der Waals surface area contributed by atoms with Crippen LogP contribution in [0.1, 0.15) is 34.1 Å². The Balaban J connectivity index is 3.79. The Hall–Kier alpha value is 0.0500. The normalized spacial score (nSPS) is 15.2. The Morgan fingerprint density at radius 1 is 1.46 bits per heavy atom. The number of rotatable bonds is 6. The third-order valence-electron chi connectivity index (χ3n) is 2.04. The molecular formula is C11H23NS.